The molecule has 2 N–H and O–H groups in total. The number of benzene rings is 3. The second-order valence-corrected chi connectivity index (χ2v) is 7.64. The lowest BCUT2D eigenvalue weighted by molar-refractivity contribution is -0.113. The van der Waals surface area contributed by atoms with Crippen LogP contribution in [0.1, 0.15) is 49.4 Å². The molecule has 3 aromatic rings. The van der Waals surface area contributed by atoms with Gasteiger partial charge in [0.2, 0.25) is 0 Å². The van der Waals surface area contributed by atoms with E-state index in [0.29, 0.717) is 17.6 Å². The molecule has 0 saturated carbocycles. The highest BCUT2D eigenvalue weighted by molar-refractivity contribution is 6.01. The summed E-state index contributed by atoms with van der Waals surface area (Å²) in [6.07, 6.45) is 2.52. The lowest BCUT2D eigenvalue weighted by Gasteiger charge is -2.14. The fourth-order valence-corrected chi connectivity index (χ4v) is 3.64. The van der Waals surface area contributed by atoms with Gasteiger partial charge in [-0.3, -0.25) is 4.79 Å². The van der Waals surface area contributed by atoms with E-state index in [1.807, 2.05) is 50.2 Å². The number of hydrogen-bond donors (Lipinski definition) is 2. The molecule has 31 heavy (non-hydrogen) atoms. The molecule has 0 atom stereocenters. The first-order chi connectivity index (χ1) is 14.8. The van der Waals surface area contributed by atoms with Gasteiger partial charge in [0.25, 0.3) is 0 Å². The van der Waals surface area contributed by atoms with Crippen molar-refractivity contribution < 1.29 is 15.0 Å². The summed E-state index contributed by atoms with van der Waals surface area (Å²) in [5, 5.41) is 19.7. The van der Waals surface area contributed by atoms with Gasteiger partial charge in [-0.05, 0) is 73.9 Å². The van der Waals surface area contributed by atoms with E-state index in [1.165, 1.54) is 17.2 Å². The van der Waals surface area contributed by atoms with Crippen LogP contribution in [0.2, 0.25) is 0 Å². The Kier molecular flexibility index (Phi) is 9.08. The van der Waals surface area contributed by atoms with Crippen LogP contribution in [-0.2, 0) is 17.6 Å². The van der Waals surface area contributed by atoms with Gasteiger partial charge >= 0.3 is 0 Å². The van der Waals surface area contributed by atoms with Crippen molar-refractivity contribution in [2.24, 2.45) is 0 Å². The summed E-state index contributed by atoms with van der Waals surface area (Å²) in [7, 11) is 0. The summed E-state index contributed by atoms with van der Waals surface area (Å²) in [4.78, 5) is 12.1. The first kappa shape index (κ1) is 23.9. The van der Waals surface area contributed by atoms with E-state index < -0.39 is 0 Å². The predicted molar refractivity (Wildman–Crippen MR) is 128 cm³/mol. The molecule has 162 valence electrons. The normalized spacial score (nSPS) is 11.2. The Bertz CT molecular complexity index is 996. The van der Waals surface area contributed by atoms with Gasteiger partial charge < -0.3 is 10.2 Å². The van der Waals surface area contributed by atoms with Crippen LogP contribution >= 0.6 is 0 Å². The molecule has 3 aromatic carbocycles. The van der Waals surface area contributed by atoms with E-state index in [2.05, 4.69) is 31.2 Å². The van der Waals surface area contributed by atoms with Crippen molar-refractivity contribution in [1.82, 2.24) is 0 Å². The van der Waals surface area contributed by atoms with E-state index in [1.54, 1.807) is 13.0 Å². The fourth-order valence-electron chi connectivity index (χ4n) is 3.64. The first-order valence-corrected chi connectivity index (χ1v) is 10.6. The van der Waals surface area contributed by atoms with Crippen LogP contribution in [0.3, 0.4) is 0 Å². The van der Waals surface area contributed by atoms with Gasteiger partial charge in [0, 0.05) is 11.6 Å². The molecule has 0 saturated heterocycles. The van der Waals surface area contributed by atoms with Gasteiger partial charge in [-0.2, -0.15) is 0 Å². The van der Waals surface area contributed by atoms with Crippen LogP contribution in [0.5, 0.6) is 11.5 Å². The Morgan fingerprint density at radius 2 is 1.39 bits per heavy atom. The third-order valence-corrected chi connectivity index (χ3v) is 5.31. The summed E-state index contributed by atoms with van der Waals surface area (Å²) in [5.41, 5.74) is 5.43. The Labute approximate surface area is 185 Å². The van der Waals surface area contributed by atoms with Gasteiger partial charge in [-0.15, -0.1) is 0 Å². The summed E-state index contributed by atoms with van der Waals surface area (Å²) in [6.45, 7) is 7.38. The minimum Gasteiger partial charge on any atom is -0.508 e. The quantitative estimate of drug-likeness (QED) is 0.442. The van der Waals surface area contributed by atoms with Crippen molar-refractivity contribution in [3.05, 3.63) is 101 Å². The Balaban J connectivity index is 0.000000357. The Hall–Kier alpha value is -3.33. The molecule has 0 aliphatic heterocycles. The van der Waals surface area contributed by atoms with Crippen molar-refractivity contribution in [3.63, 3.8) is 0 Å². The molecule has 0 aliphatic carbocycles. The third kappa shape index (κ3) is 7.14. The summed E-state index contributed by atoms with van der Waals surface area (Å²) in [6, 6.07) is 23.4. The number of carbonyl (C=O) groups excluding carboxylic acids is 1. The largest absolute Gasteiger partial charge is 0.508 e. The van der Waals surface area contributed by atoms with Crippen LogP contribution in [0.15, 0.2) is 78.4 Å². The SMILES string of the molecule is CC(=O)/C(CCc1ccccc1)=C(/C)c1c(C)cc(O)cc1O.CCc1ccccc1. The zero-order chi connectivity index (χ0) is 22.8. The number of aromatic hydroxyl groups is 2. The Morgan fingerprint density at radius 3 is 1.84 bits per heavy atom. The minimum atomic E-state index is -0.00142. The number of aryl methyl sites for hydroxylation is 3. The minimum absolute atomic E-state index is 0.00142. The van der Waals surface area contributed by atoms with Crippen molar-refractivity contribution in [3.8, 4) is 11.5 Å². The highest BCUT2D eigenvalue weighted by atomic mass is 16.3. The standard InChI is InChI=1S/C20H22O3.C8H10/c1-13-11-17(22)12-19(23)20(13)14(2)18(15(3)21)10-9-16-7-5-4-6-8-16;1-2-8-6-4-3-5-7-8/h4-8,11-12,22-23H,9-10H2,1-3H3;3-7H,2H2,1H3/b18-14-;. The topological polar surface area (TPSA) is 57.5 Å². The number of hydrogen-bond acceptors (Lipinski definition) is 3. The molecule has 0 aliphatic rings. The molecular formula is C28H32O3. The molecule has 0 heterocycles. The summed E-state index contributed by atoms with van der Waals surface area (Å²) >= 11 is 0. The van der Waals surface area contributed by atoms with Gasteiger partial charge in [0.05, 0.1) is 0 Å². The van der Waals surface area contributed by atoms with Gasteiger partial charge in [-0.1, -0.05) is 67.6 Å². The molecule has 3 heteroatoms. The van der Waals surface area contributed by atoms with Crippen LogP contribution < -0.4 is 0 Å². The van der Waals surface area contributed by atoms with Crippen molar-refractivity contribution in [1.29, 1.82) is 0 Å². The van der Waals surface area contributed by atoms with Gasteiger partial charge in [0.1, 0.15) is 11.5 Å². The summed E-state index contributed by atoms with van der Waals surface area (Å²) < 4.78 is 0. The number of ketones is 1. The maximum absolute atomic E-state index is 12.1. The van der Waals surface area contributed by atoms with Crippen molar-refractivity contribution >= 4 is 11.4 Å². The van der Waals surface area contributed by atoms with Crippen LogP contribution in [0, 0.1) is 6.92 Å². The van der Waals surface area contributed by atoms with E-state index in [9.17, 15) is 15.0 Å². The maximum atomic E-state index is 12.1. The monoisotopic (exact) mass is 416 g/mol. The first-order valence-electron chi connectivity index (χ1n) is 10.6. The zero-order valence-corrected chi connectivity index (χ0v) is 18.9. The molecular weight excluding hydrogens is 384 g/mol. The number of allylic oxidation sites excluding steroid dienone is 2. The highest BCUT2D eigenvalue weighted by Crippen LogP contribution is 2.34. The van der Waals surface area contributed by atoms with Gasteiger partial charge in [0.15, 0.2) is 5.78 Å². The number of Topliss-reactive ketones (excluding diaryl/α,β-unsaturated/α-hetero) is 1. The second kappa shape index (κ2) is 11.8. The predicted octanol–water partition coefficient (Wildman–Crippen LogP) is 6.65. The number of rotatable bonds is 6. The van der Waals surface area contributed by atoms with E-state index in [0.717, 1.165) is 24.0 Å². The number of phenolic OH excluding ortho intramolecular Hbond substituents is 2. The molecule has 3 nitrogen and oxygen atoms in total. The zero-order valence-electron chi connectivity index (χ0n) is 18.9. The lowest BCUT2D eigenvalue weighted by atomic mass is 9.91. The van der Waals surface area contributed by atoms with E-state index in [4.69, 9.17) is 0 Å². The molecule has 0 fully saturated rings. The van der Waals surface area contributed by atoms with Crippen molar-refractivity contribution in [2.75, 3.05) is 0 Å². The summed E-state index contributed by atoms with van der Waals surface area (Å²) in [5.74, 6) is 0.0222. The van der Waals surface area contributed by atoms with Crippen LogP contribution in [-0.4, -0.2) is 16.0 Å². The maximum Gasteiger partial charge on any atom is 0.156 e. The lowest BCUT2D eigenvalue weighted by Crippen LogP contribution is -2.03. The number of carbonyl (C=O) groups is 1. The van der Waals surface area contributed by atoms with Crippen LogP contribution in [0.25, 0.3) is 5.57 Å². The smallest absolute Gasteiger partial charge is 0.156 e. The molecule has 0 spiro atoms. The highest BCUT2D eigenvalue weighted by Gasteiger charge is 2.16. The molecule has 0 unspecified atom stereocenters. The van der Waals surface area contributed by atoms with Gasteiger partial charge in [-0.25, -0.2) is 0 Å². The average Bonchev–Trinajstić information content (AvgIpc) is 2.74. The molecule has 3 rings (SSSR count). The fraction of sp³-hybridized carbons (Fsp3) is 0.250. The molecule has 0 aromatic heterocycles. The average molecular weight is 417 g/mol. The van der Waals surface area contributed by atoms with E-state index >= 15 is 0 Å². The number of phenols is 2. The molecule has 0 amide bonds. The van der Waals surface area contributed by atoms with Crippen LogP contribution in [0.4, 0.5) is 0 Å². The molecule has 0 bridgehead atoms. The second-order valence-electron chi connectivity index (χ2n) is 7.64. The third-order valence-electron chi connectivity index (χ3n) is 5.31. The van der Waals surface area contributed by atoms with E-state index in [-0.39, 0.29) is 17.3 Å². The molecule has 0 radical (unpaired) electrons. The van der Waals surface area contributed by atoms with Crippen molar-refractivity contribution in [2.45, 2.75) is 47.0 Å². The Morgan fingerprint density at radius 1 is 0.839 bits per heavy atom.